The fraction of sp³-hybridized carbons (Fsp3) is 0.345. The van der Waals surface area contributed by atoms with Crippen LogP contribution in [0.3, 0.4) is 0 Å². The zero-order valence-corrected chi connectivity index (χ0v) is 24.8. The lowest BCUT2D eigenvalue weighted by atomic mass is 10.2. The number of para-hydroxylation sites is 2. The second kappa shape index (κ2) is 12.6. The van der Waals surface area contributed by atoms with Gasteiger partial charge in [0.25, 0.3) is 15.9 Å². The number of carbonyl (C=O) groups excluding carboxylic acids is 1. The third-order valence-electron chi connectivity index (χ3n) is 7.12. The van der Waals surface area contributed by atoms with E-state index in [0.717, 1.165) is 19.3 Å². The first-order valence-corrected chi connectivity index (χ1v) is 16.5. The van der Waals surface area contributed by atoms with Crippen LogP contribution >= 0.6 is 0 Å². The summed E-state index contributed by atoms with van der Waals surface area (Å²) in [5.41, 5.74) is 0.339. The van der Waals surface area contributed by atoms with E-state index in [9.17, 15) is 21.6 Å². The molecular weight excluding hydrogens is 582 g/mol. The van der Waals surface area contributed by atoms with Gasteiger partial charge >= 0.3 is 0 Å². The maximum absolute atomic E-state index is 13.5. The molecule has 1 saturated heterocycles. The lowest BCUT2D eigenvalue weighted by molar-refractivity contribution is -0.127. The molecular formula is C29H33N3O8S2. The van der Waals surface area contributed by atoms with E-state index < -0.39 is 32.1 Å². The monoisotopic (exact) mass is 615 g/mol. The predicted molar refractivity (Wildman–Crippen MR) is 156 cm³/mol. The lowest BCUT2D eigenvalue weighted by Crippen LogP contribution is -2.51. The highest BCUT2D eigenvalue weighted by Crippen LogP contribution is 2.37. The summed E-state index contributed by atoms with van der Waals surface area (Å²) >= 11 is 0. The Morgan fingerprint density at radius 1 is 0.857 bits per heavy atom. The summed E-state index contributed by atoms with van der Waals surface area (Å²) in [6.07, 6.45) is 1.67. The van der Waals surface area contributed by atoms with Crippen molar-refractivity contribution in [1.29, 1.82) is 0 Å². The molecule has 1 fully saturated rings. The van der Waals surface area contributed by atoms with Crippen LogP contribution in [0.1, 0.15) is 19.3 Å². The quantitative estimate of drug-likeness (QED) is 0.345. The van der Waals surface area contributed by atoms with Gasteiger partial charge in [-0.25, -0.2) is 16.8 Å². The molecule has 0 saturated carbocycles. The van der Waals surface area contributed by atoms with E-state index in [0.29, 0.717) is 30.3 Å². The molecule has 2 aliphatic heterocycles. The van der Waals surface area contributed by atoms with Gasteiger partial charge < -0.3 is 19.5 Å². The zero-order valence-electron chi connectivity index (χ0n) is 23.1. The minimum Gasteiger partial charge on any atom is -0.497 e. The first-order chi connectivity index (χ1) is 20.2. The summed E-state index contributed by atoms with van der Waals surface area (Å²) in [7, 11) is -6.04. The molecule has 13 heteroatoms. The van der Waals surface area contributed by atoms with Crippen LogP contribution < -0.4 is 23.8 Å². The van der Waals surface area contributed by atoms with Crippen LogP contribution in [0.25, 0.3) is 0 Å². The van der Waals surface area contributed by atoms with Crippen molar-refractivity contribution in [3.05, 3.63) is 72.8 Å². The van der Waals surface area contributed by atoms with Gasteiger partial charge in [-0.3, -0.25) is 9.10 Å². The number of piperidine rings is 1. The zero-order chi connectivity index (χ0) is 29.7. The second-order valence-electron chi connectivity index (χ2n) is 9.86. The predicted octanol–water partition coefficient (Wildman–Crippen LogP) is 3.02. The van der Waals surface area contributed by atoms with Crippen molar-refractivity contribution in [1.82, 2.24) is 9.62 Å². The van der Waals surface area contributed by atoms with Gasteiger partial charge in [0.15, 0.2) is 6.10 Å². The summed E-state index contributed by atoms with van der Waals surface area (Å²) in [5.74, 6) is 0.763. The standard InChI is InChI=1S/C29H33N3O8S2/c1-38-22-9-13-25(14-10-22)42(36,37)32-21-28(40-27-8-4-3-7-26(27)32)29(33)30-17-20-39-23-11-15-24(16-12-23)41(34,35)31-18-5-2-6-19-31/h3-4,7-16,28H,2,5-6,17-21H2,1H3,(H,30,33)/t28-/m1/s1. The third-order valence-corrected chi connectivity index (χ3v) is 10.8. The molecule has 2 aliphatic rings. The van der Waals surface area contributed by atoms with Crippen LogP contribution in [0, 0.1) is 0 Å². The number of carbonyl (C=O) groups is 1. The van der Waals surface area contributed by atoms with Crippen molar-refractivity contribution in [2.45, 2.75) is 35.2 Å². The van der Waals surface area contributed by atoms with E-state index in [1.807, 2.05) is 0 Å². The Hall–Kier alpha value is -3.81. The molecule has 3 aromatic carbocycles. The van der Waals surface area contributed by atoms with Crippen molar-refractivity contribution in [2.24, 2.45) is 0 Å². The van der Waals surface area contributed by atoms with Crippen molar-refractivity contribution < 1.29 is 35.8 Å². The molecule has 0 bridgehead atoms. The summed E-state index contributed by atoms with van der Waals surface area (Å²) in [6.45, 7) is 1.08. The highest BCUT2D eigenvalue weighted by molar-refractivity contribution is 7.92. The molecule has 42 heavy (non-hydrogen) atoms. The molecule has 0 aromatic heterocycles. The number of sulfonamides is 2. The Morgan fingerprint density at radius 3 is 2.14 bits per heavy atom. The number of hydrogen-bond donors (Lipinski definition) is 1. The number of fused-ring (bicyclic) bond motifs is 1. The topological polar surface area (TPSA) is 132 Å². The van der Waals surface area contributed by atoms with Gasteiger partial charge in [-0.05, 0) is 73.5 Å². The summed E-state index contributed by atoms with van der Waals surface area (Å²) in [4.78, 5) is 13.3. The van der Waals surface area contributed by atoms with Gasteiger partial charge in [0, 0.05) is 13.1 Å². The van der Waals surface area contributed by atoms with Gasteiger partial charge in [0.05, 0.1) is 35.7 Å². The average molecular weight is 616 g/mol. The number of nitrogens with one attached hydrogen (secondary N) is 1. The smallest absolute Gasteiger partial charge is 0.264 e. The summed E-state index contributed by atoms with van der Waals surface area (Å²) < 4.78 is 72.1. The van der Waals surface area contributed by atoms with E-state index in [1.54, 1.807) is 48.5 Å². The lowest BCUT2D eigenvalue weighted by Gasteiger charge is -2.34. The van der Waals surface area contributed by atoms with Crippen LogP contribution in [0.4, 0.5) is 5.69 Å². The molecule has 0 aliphatic carbocycles. The first kappa shape index (κ1) is 29.7. The third kappa shape index (κ3) is 6.32. The highest BCUT2D eigenvalue weighted by atomic mass is 32.2. The second-order valence-corrected chi connectivity index (χ2v) is 13.7. The Bertz CT molecular complexity index is 1610. The highest BCUT2D eigenvalue weighted by Gasteiger charge is 2.37. The molecule has 1 N–H and O–H groups in total. The Labute approximate surface area is 246 Å². The van der Waals surface area contributed by atoms with Crippen LogP contribution in [0.2, 0.25) is 0 Å². The molecule has 11 nitrogen and oxygen atoms in total. The summed E-state index contributed by atoms with van der Waals surface area (Å²) in [6, 6.07) is 18.9. The van der Waals surface area contributed by atoms with Crippen molar-refractivity contribution in [3.63, 3.8) is 0 Å². The van der Waals surface area contributed by atoms with E-state index in [1.165, 1.54) is 40.0 Å². The number of amides is 1. The molecule has 2 heterocycles. The minimum atomic E-state index is -4.00. The average Bonchev–Trinajstić information content (AvgIpc) is 3.03. The van der Waals surface area contributed by atoms with Crippen LogP contribution in [0.5, 0.6) is 17.2 Å². The number of hydrogen-bond acceptors (Lipinski definition) is 8. The van der Waals surface area contributed by atoms with Crippen LogP contribution in [-0.2, 0) is 24.8 Å². The molecule has 3 aromatic rings. The molecule has 224 valence electrons. The largest absolute Gasteiger partial charge is 0.497 e. The molecule has 1 amide bonds. The fourth-order valence-corrected chi connectivity index (χ4v) is 7.85. The van der Waals surface area contributed by atoms with Crippen molar-refractivity contribution in [2.75, 3.05) is 44.2 Å². The van der Waals surface area contributed by atoms with Gasteiger partial charge in [-0.15, -0.1) is 0 Å². The van der Waals surface area contributed by atoms with Crippen LogP contribution in [0.15, 0.2) is 82.6 Å². The fourth-order valence-electron chi connectivity index (χ4n) is 4.86. The number of benzene rings is 3. The van der Waals surface area contributed by atoms with Crippen molar-refractivity contribution in [3.8, 4) is 17.2 Å². The molecule has 0 unspecified atom stereocenters. The normalized spacial score (nSPS) is 17.5. The molecule has 1 atom stereocenters. The Morgan fingerprint density at radius 2 is 1.48 bits per heavy atom. The summed E-state index contributed by atoms with van der Waals surface area (Å²) in [5, 5.41) is 2.73. The Kier molecular flexibility index (Phi) is 8.90. The minimum absolute atomic E-state index is 0.0577. The van der Waals surface area contributed by atoms with Gasteiger partial charge in [0.1, 0.15) is 23.9 Å². The van der Waals surface area contributed by atoms with E-state index in [4.69, 9.17) is 14.2 Å². The number of ether oxygens (including phenoxy) is 3. The van der Waals surface area contributed by atoms with Crippen LogP contribution in [-0.4, -0.2) is 73.0 Å². The van der Waals surface area contributed by atoms with Gasteiger partial charge in [0.2, 0.25) is 10.0 Å². The molecule has 5 rings (SSSR count). The number of methoxy groups -OCH3 is 1. The number of rotatable bonds is 10. The van der Waals surface area contributed by atoms with Gasteiger partial charge in [-0.2, -0.15) is 4.31 Å². The first-order valence-electron chi connectivity index (χ1n) is 13.6. The Balaban J connectivity index is 1.19. The SMILES string of the molecule is COc1ccc(S(=O)(=O)N2C[C@H](C(=O)NCCOc3ccc(S(=O)(=O)N4CCCCC4)cc3)Oc3ccccc32)cc1. The van der Waals surface area contributed by atoms with E-state index >= 15 is 0 Å². The van der Waals surface area contributed by atoms with E-state index in [-0.39, 0.29) is 35.2 Å². The maximum atomic E-state index is 13.5. The number of nitrogens with zero attached hydrogens (tertiary/aromatic N) is 2. The molecule has 0 spiro atoms. The number of anilines is 1. The maximum Gasteiger partial charge on any atom is 0.264 e. The van der Waals surface area contributed by atoms with Gasteiger partial charge in [-0.1, -0.05) is 18.6 Å². The van der Waals surface area contributed by atoms with E-state index in [2.05, 4.69) is 5.32 Å². The van der Waals surface area contributed by atoms with Crippen molar-refractivity contribution >= 4 is 31.6 Å². The molecule has 0 radical (unpaired) electrons.